The van der Waals surface area contributed by atoms with E-state index in [9.17, 15) is 5.11 Å². The number of hydrogen-bond acceptors (Lipinski definition) is 2. The maximum absolute atomic E-state index is 10.3. The average molecular weight is 276 g/mol. The van der Waals surface area contributed by atoms with Crippen LogP contribution in [0.2, 0.25) is 0 Å². The Morgan fingerprint density at radius 3 is 2.55 bits per heavy atom. The topological polar surface area (TPSA) is 29.5 Å². The van der Waals surface area contributed by atoms with Crippen LogP contribution < -0.4 is 4.74 Å². The van der Waals surface area contributed by atoms with Crippen LogP contribution in [-0.2, 0) is 5.41 Å². The Morgan fingerprint density at radius 2 is 1.90 bits per heavy atom. The van der Waals surface area contributed by atoms with E-state index in [4.69, 9.17) is 4.74 Å². The Labute approximate surface area is 123 Å². The van der Waals surface area contributed by atoms with E-state index in [2.05, 4.69) is 46.8 Å². The van der Waals surface area contributed by atoms with Gasteiger partial charge in [-0.25, -0.2) is 0 Å². The van der Waals surface area contributed by atoms with Crippen LogP contribution >= 0.6 is 0 Å². The largest absolute Gasteiger partial charge is 0.493 e. The minimum atomic E-state index is -0.391. The molecule has 1 atom stereocenters. The van der Waals surface area contributed by atoms with Crippen molar-refractivity contribution in [1.82, 2.24) is 0 Å². The smallest absolute Gasteiger partial charge is 0.125 e. The predicted molar refractivity (Wildman–Crippen MR) is 83.2 cm³/mol. The molecule has 0 aromatic heterocycles. The number of hydrogen-bond donors (Lipinski definition) is 1. The summed E-state index contributed by atoms with van der Waals surface area (Å²) in [6.45, 7) is 12.1. The summed E-state index contributed by atoms with van der Waals surface area (Å²) in [6.07, 6.45) is 2.42. The number of benzene rings is 1. The Bertz CT molecular complexity index is 469. The van der Waals surface area contributed by atoms with Crippen molar-refractivity contribution in [2.45, 2.75) is 65.4 Å². The van der Waals surface area contributed by atoms with Crippen molar-refractivity contribution < 1.29 is 9.84 Å². The molecule has 1 aromatic rings. The van der Waals surface area contributed by atoms with Gasteiger partial charge in [0.2, 0.25) is 0 Å². The van der Waals surface area contributed by atoms with Crippen molar-refractivity contribution in [3.05, 3.63) is 29.3 Å². The second-order valence-corrected chi connectivity index (χ2v) is 7.88. The molecule has 20 heavy (non-hydrogen) atoms. The highest BCUT2D eigenvalue weighted by atomic mass is 16.5. The van der Waals surface area contributed by atoms with Gasteiger partial charge >= 0.3 is 0 Å². The third-order valence-electron chi connectivity index (χ3n) is 4.00. The zero-order valence-corrected chi connectivity index (χ0v) is 13.5. The van der Waals surface area contributed by atoms with Crippen molar-refractivity contribution in [2.75, 3.05) is 6.61 Å². The molecule has 0 fully saturated rings. The highest BCUT2D eigenvalue weighted by molar-refractivity contribution is 5.41. The molecular weight excluding hydrogens is 248 g/mol. The third kappa shape index (κ3) is 3.54. The molecule has 1 aliphatic heterocycles. The van der Waals surface area contributed by atoms with Gasteiger partial charge in [-0.1, -0.05) is 40.7 Å². The van der Waals surface area contributed by atoms with Gasteiger partial charge in [0.15, 0.2) is 0 Å². The molecule has 2 heteroatoms. The standard InChI is InChI=1S/C18H28O2/c1-17(2,3)12-18(4,5)13-8-9-16-14(11-13)15(19)7-6-10-20-16/h8-9,11,15,19H,6-7,10,12H2,1-5H3/t15-/m0/s1. The molecule has 1 aromatic carbocycles. The summed E-state index contributed by atoms with van der Waals surface area (Å²) < 4.78 is 5.73. The highest BCUT2D eigenvalue weighted by Gasteiger charge is 2.29. The second-order valence-electron chi connectivity index (χ2n) is 7.88. The van der Waals surface area contributed by atoms with Gasteiger partial charge in [-0.05, 0) is 47.8 Å². The van der Waals surface area contributed by atoms with E-state index in [1.807, 2.05) is 6.07 Å². The number of fused-ring (bicyclic) bond motifs is 1. The fourth-order valence-corrected chi connectivity index (χ4v) is 3.40. The van der Waals surface area contributed by atoms with Crippen LogP contribution in [0.15, 0.2) is 18.2 Å². The zero-order chi connectivity index (χ0) is 15.0. The van der Waals surface area contributed by atoms with E-state index in [0.717, 1.165) is 30.6 Å². The fourth-order valence-electron chi connectivity index (χ4n) is 3.40. The SMILES string of the molecule is CC(C)(C)CC(C)(C)c1ccc2c(c1)[C@@H](O)CCCO2. The molecule has 1 heterocycles. The van der Waals surface area contributed by atoms with E-state index in [-0.39, 0.29) is 10.8 Å². The van der Waals surface area contributed by atoms with Gasteiger partial charge in [0.1, 0.15) is 5.75 Å². The molecule has 0 radical (unpaired) electrons. The van der Waals surface area contributed by atoms with Gasteiger partial charge in [-0.15, -0.1) is 0 Å². The van der Waals surface area contributed by atoms with Crippen molar-refractivity contribution in [3.63, 3.8) is 0 Å². The Kier molecular flexibility index (Phi) is 4.15. The van der Waals surface area contributed by atoms with E-state index >= 15 is 0 Å². The Balaban J connectivity index is 2.34. The molecule has 0 aliphatic carbocycles. The summed E-state index contributed by atoms with van der Waals surface area (Å²) in [5, 5.41) is 10.3. The van der Waals surface area contributed by atoms with Crippen molar-refractivity contribution >= 4 is 0 Å². The van der Waals surface area contributed by atoms with Gasteiger partial charge in [0.25, 0.3) is 0 Å². The summed E-state index contributed by atoms with van der Waals surface area (Å²) in [6, 6.07) is 6.34. The van der Waals surface area contributed by atoms with Crippen molar-refractivity contribution in [2.24, 2.45) is 5.41 Å². The van der Waals surface area contributed by atoms with Crippen molar-refractivity contribution in [1.29, 1.82) is 0 Å². The molecular formula is C18H28O2. The van der Waals surface area contributed by atoms with E-state index in [1.54, 1.807) is 0 Å². The van der Waals surface area contributed by atoms with Gasteiger partial charge in [0, 0.05) is 5.56 Å². The monoisotopic (exact) mass is 276 g/mol. The lowest BCUT2D eigenvalue weighted by Crippen LogP contribution is -2.25. The number of aliphatic hydroxyl groups is 1. The lowest BCUT2D eigenvalue weighted by atomic mass is 9.72. The number of ether oxygens (including phenoxy) is 1. The maximum Gasteiger partial charge on any atom is 0.125 e. The first-order valence-electron chi connectivity index (χ1n) is 7.64. The van der Waals surface area contributed by atoms with Crippen LogP contribution in [0.4, 0.5) is 0 Å². The van der Waals surface area contributed by atoms with Crippen molar-refractivity contribution in [3.8, 4) is 5.75 Å². The number of rotatable bonds is 2. The van der Waals surface area contributed by atoms with Gasteiger partial charge < -0.3 is 9.84 Å². The first-order valence-corrected chi connectivity index (χ1v) is 7.64. The highest BCUT2D eigenvalue weighted by Crippen LogP contribution is 2.40. The maximum atomic E-state index is 10.3. The van der Waals surface area contributed by atoms with E-state index in [0.29, 0.717) is 6.61 Å². The van der Waals surface area contributed by atoms with E-state index < -0.39 is 6.10 Å². The van der Waals surface area contributed by atoms with Crippen LogP contribution in [0.1, 0.15) is 71.1 Å². The van der Waals surface area contributed by atoms with Crippen LogP contribution in [0.5, 0.6) is 5.75 Å². The normalized spacial score (nSPS) is 20.0. The van der Waals surface area contributed by atoms with Gasteiger partial charge in [-0.2, -0.15) is 0 Å². The minimum absolute atomic E-state index is 0.0965. The number of aliphatic hydroxyl groups excluding tert-OH is 1. The first kappa shape index (κ1) is 15.4. The summed E-state index contributed by atoms with van der Waals surface area (Å²) in [5.74, 6) is 0.852. The Morgan fingerprint density at radius 1 is 1.20 bits per heavy atom. The quantitative estimate of drug-likeness (QED) is 0.855. The molecule has 1 N–H and O–H groups in total. The predicted octanol–water partition coefficient (Wildman–Crippen LogP) is 4.61. The summed E-state index contributed by atoms with van der Waals surface area (Å²) in [7, 11) is 0. The zero-order valence-electron chi connectivity index (χ0n) is 13.5. The van der Waals surface area contributed by atoms with Crippen LogP contribution in [0, 0.1) is 5.41 Å². The molecule has 0 bridgehead atoms. The average Bonchev–Trinajstić information content (AvgIpc) is 2.48. The van der Waals surface area contributed by atoms with Gasteiger partial charge in [0.05, 0.1) is 12.7 Å². The lowest BCUT2D eigenvalue weighted by Gasteiger charge is -2.33. The molecule has 0 spiro atoms. The van der Waals surface area contributed by atoms with Gasteiger partial charge in [-0.3, -0.25) is 0 Å². The summed E-state index contributed by atoms with van der Waals surface area (Å²) in [4.78, 5) is 0. The molecule has 0 saturated heterocycles. The molecule has 2 nitrogen and oxygen atoms in total. The Hall–Kier alpha value is -1.02. The third-order valence-corrected chi connectivity index (χ3v) is 4.00. The molecule has 0 saturated carbocycles. The lowest BCUT2D eigenvalue weighted by molar-refractivity contribution is 0.167. The molecule has 0 unspecified atom stereocenters. The van der Waals surface area contributed by atoms with Crippen LogP contribution in [0.3, 0.4) is 0 Å². The summed E-state index contributed by atoms with van der Waals surface area (Å²) in [5.41, 5.74) is 2.63. The second kappa shape index (κ2) is 5.40. The van der Waals surface area contributed by atoms with Crippen LogP contribution in [-0.4, -0.2) is 11.7 Å². The minimum Gasteiger partial charge on any atom is -0.493 e. The molecule has 0 amide bonds. The summed E-state index contributed by atoms with van der Waals surface area (Å²) >= 11 is 0. The first-order chi connectivity index (χ1) is 9.19. The molecule has 1 aliphatic rings. The molecule has 2 rings (SSSR count). The van der Waals surface area contributed by atoms with E-state index in [1.165, 1.54) is 5.56 Å². The van der Waals surface area contributed by atoms with Crippen LogP contribution in [0.25, 0.3) is 0 Å². The molecule has 112 valence electrons. The fraction of sp³-hybridized carbons (Fsp3) is 0.667.